The molecule has 6 heteroatoms. The highest BCUT2D eigenvalue weighted by atomic mass is 32.2. The third-order valence-electron chi connectivity index (χ3n) is 2.59. The number of aliphatic hydroxyl groups is 1. The van der Waals surface area contributed by atoms with Crippen LogP contribution in [0.25, 0.3) is 10.6 Å². The predicted octanol–water partition coefficient (Wildman–Crippen LogP) is 3.08. The molecule has 0 aliphatic rings. The Balaban J connectivity index is 1.84. The van der Waals surface area contributed by atoms with Crippen molar-refractivity contribution in [2.24, 2.45) is 0 Å². The minimum absolute atomic E-state index is 0.582. The van der Waals surface area contributed by atoms with Gasteiger partial charge < -0.3 is 10.4 Å². The molecule has 2 heterocycles. The maximum Gasteiger partial charge on any atom is 0.124 e. The molecule has 0 saturated carbocycles. The van der Waals surface area contributed by atoms with Gasteiger partial charge in [-0.1, -0.05) is 0 Å². The number of thiazole rings is 1. The van der Waals surface area contributed by atoms with Gasteiger partial charge in [0.15, 0.2) is 0 Å². The molecule has 19 heavy (non-hydrogen) atoms. The number of rotatable bonds is 7. The lowest BCUT2D eigenvalue weighted by atomic mass is 10.1. The van der Waals surface area contributed by atoms with Crippen molar-refractivity contribution in [3.63, 3.8) is 0 Å². The van der Waals surface area contributed by atoms with Crippen LogP contribution in [0.5, 0.6) is 0 Å². The van der Waals surface area contributed by atoms with Crippen molar-refractivity contribution in [1.29, 1.82) is 0 Å². The predicted molar refractivity (Wildman–Crippen MR) is 86.1 cm³/mol. The highest BCUT2D eigenvalue weighted by Gasteiger charge is 2.18. The summed E-state index contributed by atoms with van der Waals surface area (Å²) in [5.41, 5.74) is 1.56. The maximum absolute atomic E-state index is 10.0. The van der Waals surface area contributed by atoms with E-state index < -0.39 is 5.60 Å². The van der Waals surface area contributed by atoms with Crippen LogP contribution in [0.1, 0.15) is 12.6 Å². The first-order valence-electron chi connectivity index (χ1n) is 6.00. The Morgan fingerprint density at radius 2 is 2.32 bits per heavy atom. The van der Waals surface area contributed by atoms with E-state index in [1.165, 1.54) is 5.56 Å². The summed E-state index contributed by atoms with van der Waals surface area (Å²) in [4.78, 5) is 4.59. The molecule has 1 atom stereocenters. The van der Waals surface area contributed by atoms with Crippen molar-refractivity contribution < 1.29 is 5.11 Å². The third kappa shape index (κ3) is 4.57. The SMILES string of the molecule is CSCC(C)(O)CNCc1csc(-c2ccsc2)n1. The van der Waals surface area contributed by atoms with E-state index in [0.717, 1.165) is 16.5 Å². The van der Waals surface area contributed by atoms with Crippen LogP contribution >= 0.6 is 34.4 Å². The van der Waals surface area contributed by atoms with E-state index in [1.807, 2.05) is 13.2 Å². The zero-order chi connectivity index (χ0) is 13.7. The van der Waals surface area contributed by atoms with Crippen molar-refractivity contribution in [3.05, 3.63) is 27.9 Å². The van der Waals surface area contributed by atoms with Crippen LogP contribution in [0.3, 0.4) is 0 Å². The molecule has 0 amide bonds. The fraction of sp³-hybridized carbons (Fsp3) is 0.462. The van der Waals surface area contributed by atoms with Gasteiger partial charge in [0, 0.05) is 35.2 Å². The number of thioether (sulfide) groups is 1. The van der Waals surface area contributed by atoms with E-state index in [9.17, 15) is 5.11 Å². The van der Waals surface area contributed by atoms with Gasteiger partial charge in [0.05, 0.1) is 11.3 Å². The second-order valence-corrected chi connectivity index (χ2v) is 7.19. The highest BCUT2D eigenvalue weighted by Crippen LogP contribution is 2.25. The first-order chi connectivity index (χ1) is 9.11. The molecule has 0 aliphatic heterocycles. The molecule has 104 valence electrons. The zero-order valence-corrected chi connectivity index (χ0v) is 13.5. The Labute approximate surface area is 126 Å². The number of hydrogen-bond acceptors (Lipinski definition) is 6. The lowest BCUT2D eigenvalue weighted by molar-refractivity contribution is 0.0845. The third-order valence-corrected chi connectivity index (χ3v) is 5.12. The Bertz CT molecular complexity index is 494. The largest absolute Gasteiger partial charge is 0.388 e. The van der Waals surface area contributed by atoms with Crippen LogP contribution in [0, 0.1) is 0 Å². The molecule has 2 rings (SSSR count). The molecule has 0 aliphatic carbocycles. The van der Waals surface area contributed by atoms with Gasteiger partial charge in [-0.3, -0.25) is 0 Å². The standard InChI is InChI=1S/C13H18N2OS3/c1-13(16,9-17-2)8-14-5-11-7-19-12(15-11)10-3-4-18-6-10/h3-4,6-7,14,16H,5,8-9H2,1-2H3. The van der Waals surface area contributed by atoms with Crippen LogP contribution in [0.2, 0.25) is 0 Å². The number of nitrogens with one attached hydrogen (secondary N) is 1. The summed E-state index contributed by atoms with van der Waals surface area (Å²) < 4.78 is 0. The van der Waals surface area contributed by atoms with E-state index >= 15 is 0 Å². The molecule has 0 spiro atoms. The van der Waals surface area contributed by atoms with Crippen LogP contribution in [0.4, 0.5) is 0 Å². The molecule has 2 aromatic rings. The molecular formula is C13H18N2OS3. The molecule has 0 bridgehead atoms. The van der Waals surface area contributed by atoms with Gasteiger partial charge in [-0.05, 0) is 24.6 Å². The Hall–Kier alpha value is -0.400. The fourth-order valence-corrected chi connectivity index (χ4v) is 3.98. The van der Waals surface area contributed by atoms with E-state index in [1.54, 1.807) is 34.4 Å². The molecule has 2 N–H and O–H groups in total. The summed E-state index contributed by atoms with van der Waals surface area (Å²) in [5, 5.41) is 20.6. The van der Waals surface area contributed by atoms with Crippen molar-refractivity contribution in [2.75, 3.05) is 18.6 Å². The van der Waals surface area contributed by atoms with Crippen LogP contribution in [-0.2, 0) is 6.54 Å². The second-order valence-electron chi connectivity index (χ2n) is 4.69. The molecule has 0 saturated heterocycles. The average Bonchev–Trinajstić information content (AvgIpc) is 2.98. The Morgan fingerprint density at radius 3 is 3.00 bits per heavy atom. The number of hydrogen-bond donors (Lipinski definition) is 2. The topological polar surface area (TPSA) is 45.1 Å². The minimum Gasteiger partial charge on any atom is -0.388 e. The molecule has 0 radical (unpaired) electrons. The van der Waals surface area contributed by atoms with Gasteiger partial charge in [-0.25, -0.2) is 4.98 Å². The van der Waals surface area contributed by atoms with Crippen LogP contribution < -0.4 is 5.32 Å². The van der Waals surface area contributed by atoms with Gasteiger partial charge >= 0.3 is 0 Å². The highest BCUT2D eigenvalue weighted by molar-refractivity contribution is 7.98. The zero-order valence-electron chi connectivity index (χ0n) is 11.0. The fourth-order valence-electron chi connectivity index (χ4n) is 1.73. The number of nitrogens with zero attached hydrogens (tertiary/aromatic N) is 1. The van der Waals surface area contributed by atoms with Gasteiger partial charge in [0.2, 0.25) is 0 Å². The lowest BCUT2D eigenvalue weighted by Crippen LogP contribution is -2.39. The second kappa shape index (κ2) is 6.85. The quantitative estimate of drug-likeness (QED) is 0.824. The first kappa shape index (κ1) is 15.0. The van der Waals surface area contributed by atoms with Gasteiger partial charge in [-0.2, -0.15) is 23.1 Å². The smallest absolute Gasteiger partial charge is 0.124 e. The summed E-state index contributed by atoms with van der Waals surface area (Å²) in [6.45, 7) is 3.14. The van der Waals surface area contributed by atoms with Gasteiger partial charge in [0.1, 0.15) is 5.01 Å². The molecule has 3 nitrogen and oxygen atoms in total. The van der Waals surface area contributed by atoms with E-state index in [-0.39, 0.29) is 0 Å². The Kier molecular flexibility index (Phi) is 5.41. The van der Waals surface area contributed by atoms with Crippen LogP contribution in [-0.4, -0.2) is 34.2 Å². The van der Waals surface area contributed by atoms with E-state index in [0.29, 0.717) is 13.1 Å². The van der Waals surface area contributed by atoms with Gasteiger partial charge in [0.25, 0.3) is 0 Å². The summed E-state index contributed by atoms with van der Waals surface area (Å²) >= 11 is 5.01. The monoisotopic (exact) mass is 314 g/mol. The molecule has 0 aromatic carbocycles. The van der Waals surface area contributed by atoms with E-state index in [4.69, 9.17) is 0 Å². The lowest BCUT2D eigenvalue weighted by Gasteiger charge is -2.22. The van der Waals surface area contributed by atoms with Crippen molar-refractivity contribution >= 4 is 34.4 Å². The average molecular weight is 315 g/mol. The maximum atomic E-state index is 10.0. The number of aromatic nitrogens is 1. The summed E-state index contributed by atoms with van der Waals surface area (Å²) in [7, 11) is 0. The van der Waals surface area contributed by atoms with Crippen molar-refractivity contribution in [2.45, 2.75) is 19.1 Å². The summed E-state index contributed by atoms with van der Waals surface area (Å²) in [6, 6.07) is 2.09. The summed E-state index contributed by atoms with van der Waals surface area (Å²) in [5.74, 6) is 0.733. The van der Waals surface area contributed by atoms with Crippen molar-refractivity contribution in [3.8, 4) is 10.6 Å². The van der Waals surface area contributed by atoms with Gasteiger partial charge in [-0.15, -0.1) is 11.3 Å². The van der Waals surface area contributed by atoms with Crippen molar-refractivity contribution in [1.82, 2.24) is 10.3 Å². The molecular weight excluding hydrogens is 296 g/mol. The first-order valence-corrected chi connectivity index (χ1v) is 9.21. The number of thiophene rings is 1. The summed E-state index contributed by atoms with van der Waals surface area (Å²) in [6.07, 6.45) is 2.00. The van der Waals surface area contributed by atoms with E-state index in [2.05, 4.69) is 32.5 Å². The Morgan fingerprint density at radius 1 is 1.47 bits per heavy atom. The molecule has 0 fully saturated rings. The normalized spacial score (nSPS) is 14.5. The minimum atomic E-state index is -0.661. The van der Waals surface area contributed by atoms with Crippen LogP contribution in [0.15, 0.2) is 22.2 Å². The molecule has 2 aromatic heterocycles. The molecule has 1 unspecified atom stereocenters.